The van der Waals surface area contributed by atoms with Crippen LogP contribution in [0.4, 0.5) is 0 Å². The molecule has 138 valence electrons. The van der Waals surface area contributed by atoms with Gasteiger partial charge in [-0.05, 0) is 76.1 Å². The number of phenolic OH excluding ortho intramolecular Hbond substituents is 2. The molecule has 3 heteroatoms. The Morgan fingerprint density at radius 1 is 1.08 bits per heavy atom. The molecule has 1 aromatic carbocycles. The van der Waals surface area contributed by atoms with Gasteiger partial charge in [-0.2, -0.15) is 0 Å². The zero-order valence-corrected chi connectivity index (χ0v) is 16.2. The first-order valence-corrected chi connectivity index (χ1v) is 9.06. The van der Waals surface area contributed by atoms with E-state index in [9.17, 15) is 15.0 Å². The number of aryl methyl sites for hydroxylation is 1. The van der Waals surface area contributed by atoms with Gasteiger partial charge in [0.25, 0.3) is 0 Å². The molecule has 0 aliphatic heterocycles. The molecule has 0 aliphatic rings. The van der Waals surface area contributed by atoms with Crippen molar-refractivity contribution in [2.45, 2.75) is 66.7 Å². The average molecular weight is 344 g/mol. The van der Waals surface area contributed by atoms with E-state index in [4.69, 9.17) is 0 Å². The van der Waals surface area contributed by atoms with Crippen LogP contribution in [0.25, 0.3) is 0 Å². The smallest absolute Gasteiger partial charge is 0.155 e. The molecule has 0 fully saturated rings. The van der Waals surface area contributed by atoms with Crippen LogP contribution >= 0.6 is 0 Å². The van der Waals surface area contributed by atoms with Crippen LogP contribution < -0.4 is 0 Å². The first-order chi connectivity index (χ1) is 11.7. The van der Waals surface area contributed by atoms with Crippen molar-refractivity contribution in [1.82, 2.24) is 0 Å². The second-order valence-electron chi connectivity index (χ2n) is 7.43. The van der Waals surface area contributed by atoms with Crippen LogP contribution in [0.2, 0.25) is 0 Å². The highest BCUT2D eigenvalue weighted by Gasteiger charge is 2.05. The molecular weight excluding hydrogens is 312 g/mol. The van der Waals surface area contributed by atoms with Crippen molar-refractivity contribution in [3.05, 3.63) is 46.6 Å². The quantitative estimate of drug-likeness (QED) is 0.347. The first kappa shape index (κ1) is 21.0. The number of rotatable bonds is 9. The highest BCUT2D eigenvalue weighted by molar-refractivity contribution is 5.90. The zero-order valence-electron chi connectivity index (χ0n) is 16.2. The lowest BCUT2D eigenvalue weighted by atomic mass is 10.0. The van der Waals surface area contributed by atoms with Crippen molar-refractivity contribution in [3.63, 3.8) is 0 Å². The van der Waals surface area contributed by atoms with Gasteiger partial charge < -0.3 is 10.2 Å². The standard InChI is InChI=1S/C22H32O3/c1-15(2)11-20(23)12-17(4)8-6-7-16(3)9-10-19-14-21(24)18(5)13-22(19)25/h9,12-15,24-25H,6-8,10-11H2,1-5H3. The van der Waals surface area contributed by atoms with E-state index in [2.05, 4.69) is 26.8 Å². The molecule has 0 aromatic heterocycles. The fourth-order valence-corrected chi connectivity index (χ4v) is 2.73. The van der Waals surface area contributed by atoms with Gasteiger partial charge in [0, 0.05) is 12.0 Å². The lowest BCUT2D eigenvalue weighted by molar-refractivity contribution is -0.115. The molecule has 0 spiro atoms. The number of hydrogen-bond acceptors (Lipinski definition) is 3. The number of carbonyl (C=O) groups excluding carboxylic acids is 1. The average Bonchev–Trinajstić information content (AvgIpc) is 2.48. The maximum absolute atomic E-state index is 11.8. The van der Waals surface area contributed by atoms with Gasteiger partial charge in [0.05, 0.1) is 0 Å². The van der Waals surface area contributed by atoms with E-state index < -0.39 is 0 Å². The summed E-state index contributed by atoms with van der Waals surface area (Å²) in [6.45, 7) is 9.97. The highest BCUT2D eigenvalue weighted by atomic mass is 16.3. The molecule has 0 heterocycles. The summed E-state index contributed by atoms with van der Waals surface area (Å²) in [5.74, 6) is 1.06. The molecular formula is C22H32O3. The summed E-state index contributed by atoms with van der Waals surface area (Å²) in [5.41, 5.74) is 3.80. The minimum absolute atomic E-state index is 0.214. The highest BCUT2D eigenvalue weighted by Crippen LogP contribution is 2.27. The number of aromatic hydroxyl groups is 2. The van der Waals surface area contributed by atoms with E-state index in [1.54, 1.807) is 25.1 Å². The molecule has 0 radical (unpaired) electrons. The normalized spacial score (nSPS) is 12.7. The predicted molar refractivity (Wildman–Crippen MR) is 104 cm³/mol. The molecule has 0 saturated carbocycles. The SMILES string of the molecule is CC(=CCc1cc(O)c(C)cc1O)CCCC(C)=CC(=O)CC(C)C. The van der Waals surface area contributed by atoms with E-state index in [0.29, 0.717) is 24.3 Å². The topological polar surface area (TPSA) is 57.5 Å². The predicted octanol–water partition coefficient (Wildman–Crippen LogP) is 5.63. The number of phenols is 2. The van der Waals surface area contributed by atoms with Crippen LogP contribution in [0.15, 0.2) is 35.4 Å². The van der Waals surface area contributed by atoms with Crippen LogP contribution in [-0.2, 0) is 11.2 Å². The van der Waals surface area contributed by atoms with Gasteiger partial charge in [0.15, 0.2) is 5.78 Å². The van der Waals surface area contributed by atoms with E-state index in [-0.39, 0.29) is 17.3 Å². The summed E-state index contributed by atoms with van der Waals surface area (Å²) in [6, 6.07) is 3.22. The second-order valence-corrected chi connectivity index (χ2v) is 7.43. The first-order valence-electron chi connectivity index (χ1n) is 9.06. The number of hydrogen-bond donors (Lipinski definition) is 2. The van der Waals surface area contributed by atoms with Gasteiger partial charge in [-0.1, -0.05) is 31.1 Å². The van der Waals surface area contributed by atoms with Crippen LogP contribution in [0.3, 0.4) is 0 Å². The third kappa shape index (κ3) is 8.06. The minimum atomic E-state index is 0.214. The summed E-state index contributed by atoms with van der Waals surface area (Å²) in [5, 5.41) is 19.7. The molecule has 0 bridgehead atoms. The number of allylic oxidation sites excluding steroid dienone is 4. The molecule has 2 N–H and O–H groups in total. The minimum Gasteiger partial charge on any atom is -0.508 e. The van der Waals surface area contributed by atoms with Crippen molar-refractivity contribution in [2.24, 2.45) is 5.92 Å². The summed E-state index contributed by atoms with van der Waals surface area (Å²) in [4.78, 5) is 11.8. The van der Waals surface area contributed by atoms with E-state index in [0.717, 1.165) is 30.4 Å². The maximum atomic E-state index is 11.8. The van der Waals surface area contributed by atoms with Gasteiger partial charge in [-0.15, -0.1) is 0 Å². The van der Waals surface area contributed by atoms with Crippen LogP contribution in [-0.4, -0.2) is 16.0 Å². The third-order valence-corrected chi connectivity index (χ3v) is 4.23. The van der Waals surface area contributed by atoms with Crippen LogP contribution in [0.5, 0.6) is 11.5 Å². The second kappa shape index (κ2) is 10.1. The molecule has 3 nitrogen and oxygen atoms in total. The number of carbonyl (C=O) groups is 1. The van der Waals surface area contributed by atoms with Gasteiger partial charge in [0.1, 0.15) is 11.5 Å². The van der Waals surface area contributed by atoms with Gasteiger partial charge in [-0.3, -0.25) is 4.79 Å². The van der Waals surface area contributed by atoms with Gasteiger partial charge >= 0.3 is 0 Å². The lowest BCUT2D eigenvalue weighted by Crippen LogP contribution is -1.99. The fourth-order valence-electron chi connectivity index (χ4n) is 2.73. The largest absolute Gasteiger partial charge is 0.508 e. The molecule has 0 unspecified atom stereocenters. The Labute approximate surface area is 152 Å². The van der Waals surface area contributed by atoms with Crippen molar-refractivity contribution < 1.29 is 15.0 Å². The van der Waals surface area contributed by atoms with Crippen molar-refractivity contribution in [2.75, 3.05) is 0 Å². The third-order valence-electron chi connectivity index (χ3n) is 4.23. The Hall–Kier alpha value is -2.03. The van der Waals surface area contributed by atoms with Crippen LogP contribution in [0.1, 0.15) is 64.5 Å². The lowest BCUT2D eigenvalue weighted by Gasteiger charge is -2.07. The Kier molecular flexibility index (Phi) is 8.47. The molecule has 0 amide bonds. The zero-order chi connectivity index (χ0) is 19.0. The van der Waals surface area contributed by atoms with Crippen molar-refractivity contribution in [3.8, 4) is 11.5 Å². The van der Waals surface area contributed by atoms with Gasteiger partial charge in [-0.25, -0.2) is 0 Å². The Balaban J connectivity index is 2.48. The molecule has 0 aliphatic carbocycles. The van der Waals surface area contributed by atoms with E-state index >= 15 is 0 Å². The summed E-state index contributed by atoms with van der Waals surface area (Å²) < 4.78 is 0. The molecule has 1 aromatic rings. The fraction of sp³-hybridized carbons (Fsp3) is 0.500. The Bertz CT molecular complexity index is 651. The van der Waals surface area contributed by atoms with Crippen LogP contribution in [0, 0.1) is 12.8 Å². The van der Waals surface area contributed by atoms with Gasteiger partial charge in [0.2, 0.25) is 0 Å². The maximum Gasteiger partial charge on any atom is 0.155 e. The van der Waals surface area contributed by atoms with E-state index in [1.807, 2.05) is 6.92 Å². The van der Waals surface area contributed by atoms with E-state index in [1.165, 1.54) is 5.57 Å². The summed E-state index contributed by atoms with van der Waals surface area (Å²) in [6.07, 6.45) is 7.98. The summed E-state index contributed by atoms with van der Waals surface area (Å²) in [7, 11) is 0. The Morgan fingerprint density at radius 3 is 2.36 bits per heavy atom. The van der Waals surface area contributed by atoms with Crippen molar-refractivity contribution in [1.29, 1.82) is 0 Å². The number of ketones is 1. The molecule has 0 saturated heterocycles. The molecule has 25 heavy (non-hydrogen) atoms. The summed E-state index contributed by atoms with van der Waals surface area (Å²) >= 11 is 0. The molecule has 1 rings (SSSR count). The monoisotopic (exact) mass is 344 g/mol. The number of benzene rings is 1. The molecule has 0 atom stereocenters. The Morgan fingerprint density at radius 2 is 1.72 bits per heavy atom. The van der Waals surface area contributed by atoms with Crippen molar-refractivity contribution >= 4 is 5.78 Å².